The molecule has 2 aromatic rings. The number of nitrogens with two attached hydrogens (primary N) is 1. The standard InChI is InChI=1S/C15H21N3O/c1-11(16)8-9-15(19)18(3)14-10-17(2)13-7-5-4-6-12(13)14/h4-7,10-11H,8-9,16H2,1-3H3. The van der Waals surface area contributed by atoms with E-state index in [-0.39, 0.29) is 11.9 Å². The molecule has 1 aromatic carbocycles. The molecule has 19 heavy (non-hydrogen) atoms. The summed E-state index contributed by atoms with van der Waals surface area (Å²) < 4.78 is 2.04. The maximum atomic E-state index is 12.2. The Labute approximate surface area is 113 Å². The zero-order valence-electron chi connectivity index (χ0n) is 11.8. The van der Waals surface area contributed by atoms with Crippen LogP contribution in [0.1, 0.15) is 19.8 Å². The predicted octanol–water partition coefficient (Wildman–Crippen LogP) is 2.27. The molecule has 1 aromatic heterocycles. The molecule has 4 heteroatoms. The van der Waals surface area contributed by atoms with Crippen LogP contribution in [0.3, 0.4) is 0 Å². The molecular weight excluding hydrogens is 238 g/mol. The normalized spacial score (nSPS) is 12.6. The molecule has 1 heterocycles. The Hall–Kier alpha value is -1.81. The Kier molecular flexibility index (Phi) is 3.90. The van der Waals surface area contributed by atoms with Crippen LogP contribution in [-0.2, 0) is 11.8 Å². The first-order valence-corrected chi connectivity index (χ1v) is 6.57. The van der Waals surface area contributed by atoms with Crippen molar-refractivity contribution in [3.05, 3.63) is 30.5 Å². The summed E-state index contributed by atoms with van der Waals surface area (Å²) in [7, 11) is 3.82. The summed E-state index contributed by atoms with van der Waals surface area (Å²) in [6.45, 7) is 1.92. The smallest absolute Gasteiger partial charge is 0.226 e. The molecule has 102 valence electrons. The van der Waals surface area contributed by atoms with E-state index in [1.165, 1.54) is 0 Å². The number of carbonyl (C=O) groups is 1. The van der Waals surface area contributed by atoms with Crippen molar-refractivity contribution in [3.63, 3.8) is 0 Å². The zero-order chi connectivity index (χ0) is 14.0. The highest BCUT2D eigenvalue weighted by molar-refractivity contribution is 6.03. The molecule has 4 nitrogen and oxygen atoms in total. The Morgan fingerprint density at radius 2 is 2.11 bits per heavy atom. The Morgan fingerprint density at radius 1 is 1.42 bits per heavy atom. The van der Waals surface area contributed by atoms with E-state index >= 15 is 0 Å². The van der Waals surface area contributed by atoms with Crippen LogP contribution < -0.4 is 10.6 Å². The highest BCUT2D eigenvalue weighted by Crippen LogP contribution is 2.28. The number of hydrogen-bond acceptors (Lipinski definition) is 2. The maximum Gasteiger partial charge on any atom is 0.226 e. The number of nitrogens with zero attached hydrogens (tertiary/aromatic N) is 2. The summed E-state index contributed by atoms with van der Waals surface area (Å²) in [5.41, 5.74) is 7.78. The van der Waals surface area contributed by atoms with E-state index in [1.54, 1.807) is 4.90 Å². The van der Waals surface area contributed by atoms with Gasteiger partial charge in [-0.3, -0.25) is 4.79 Å². The second-order valence-electron chi connectivity index (χ2n) is 5.11. The van der Waals surface area contributed by atoms with Crippen LogP contribution in [0.15, 0.2) is 30.5 Å². The molecule has 0 saturated carbocycles. The third kappa shape index (κ3) is 2.79. The van der Waals surface area contributed by atoms with E-state index in [9.17, 15) is 4.79 Å². The third-order valence-electron chi connectivity index (χ3n) is 3.42. The van der Waals surface area contributed by atoms with E-state index in [0.717, 1.165) is 16.6 Å². The number of benzene rings is 1. The summed E-state index contributed by atoms with van der Waals surface area (Å²) in [5, 5.41) is 1.10. The van der Waals surface area contributed by atoms with Crippen LogP contribution in [-0.4, -0.2) is 23.6 Å². The van der Waals surface area contributed by atoms with Crippen molar-refractivity contribution < 1.29 is 4.79 Å². The minimum atomic E-state index is 0.0601. The van der Waals surface area contributed by atoms with Gasteiger partial charge in [-0.25, -0.2) is 0 Å². The lowest BCUT2D eigenvalue weighted by Gasteiger charge is -2.17. The first-order valence-electron chi connectivity index (χ1n) is 6.57. The number of hydrogen-bond donors (Lipinski definition) is 1. The number of fused-ring (bicyclic) bond motifs is 1. The van der Waals surface area contributed by atoms with Gasteiger partial charge in [-0.2, -0.15) is 0 Å². The second kappa shape index (κ2) is 5.45. The minimum absolute atomic E-state index is 0.0601. The van der Waals surface area contributed by atoms with Crippen LogP contribution in [0.4, 0.5) is 5.69 Å². The van der Waals surface area contributed by atoms with Crippen molar-refractivity contribution in [3.8, 4) is 0 Å². The average Bonchev–Trinajstić information content (AvgIpc) is 2.73. The minimum Gasteiger partial charge on any atom is -0.348 e. The van der Waals surface area contributed by atoms with Crippen LogP contribution in [0.5, 0.6) is 0 Å². The summed E-state index contributed by atoms with van der Waals surface area (Å²) >= 11 is 0. The van der Waals surface area contributed by atoms with E-state index in [1.807, 2.05) is 50.0 Å². The lowest BCUT2D eigenvalue weighted by Crippen LogP contribution is -2.28. The zero-order valence-corrected chi connectivity index (χ0v) is 11.8. The maximum absolute atomic E-state index is 12.2. The largest absolute Gasteiger partial charge is 0.348 e. The van der Waals surface area contributed by atoms with E-state index in [2.05, 4.69) is 6.07 Å². The number of rotatable bonds is 4. The van der Waals surface area contributed by atoms with Gasteiger partial charge in [-0.15, -0.1) is 0 Å². The quantitative estimate of drug-likeness (QED) is 0.915. The third-order valence-corrected chi connectivity index (χ3v) is 3.42. The number of aromatic nitrogens is 1. The number of amides is 1. The van der Waals surface area contributed by atoms with Crippen molar-refractivity contribution in [2.75, 3.05) is 11.9 Å². The molecule has 1 amide bonds. The molecule has 0 fully saturated rings. The lowest BCUT2D eigenvalue weighted by atomic mass is 10.1. The van der Waals surface area contributed by atoms with Gasteiger partial charge in [0.25, 0.3) is 0 Å². The van der Waals surface area contributed by atoms with Crippen molar-refractivity contribution in [2.45, 2.75) is 25.8 Å². The number of para-hydroxylation sites is 1. The molecule has 2 rings (SSSR count). The molecule has 0 spiro atoms. The van der Waals surface area contributed by atoms with Crippen molar-refractivity contribution >= 4 is 22.5 Å². The summed E-state index contributed by atoms with van der Waals surface area (Å²) in [6.07, 6.45) is 3.19. The van der Waals surface area contributed by atoms with Gasteiger partial charge in [-0.05, 0) is 19.4 Å². The van der Waals surface area contributed by atoms with Gasteiger partial charge in [0.05, 0.1) is 5.69 Å². The van der Waals surface area contributed by atoms with Crippen LogP contribution >= 0.6 is 0 Å². The lowest BCUT2D eigenvalue weighted by molar-refractivity contribution is -0.118. The first kappa shape index (κ1) is 13.6. The first-order chi connectivity index (χ1) is 9.00. The Bertz CT molecular complexity index is 586. The Morgan fingerprint density at radius 3 is 2.79 bits per heavy atom. The number of carbonyl (C=O) groups excluding carboxylic acids is 1. The van der Waals surface area contributed by atoms with Crippen LogP contribution in [0.2, 0.25) is 0 Å². The molecular formula is C15H21N3O. The highest BCUT2D eigenvalue weighted by Gasteiger charge is 2.16. The SMILES string of the molecule is CC(N)CCC(=O)N(C)c1cn(C)c2ccccc12. The molecule has 0 saturated heterocycles. The highest BCUT2D eigenvalue weighted by atomic mass is 16.2. The fourth-order valence-corrected chi connectivity index (χ4v) is 2.24. The van der Waals surface area contributed by atoms with Gasteiger partial charge in [-0.1, -0.05) is 18.2 Å². The molecule has 1 unspecified atom stereocenters. The second-order valence-corrected chi connectivity index (χ2v) is 5.11. The molecule has 1 atom stereocenters. The van der Waals surface area contributed by atoms with Gasteiger partial charge in [0.1, 0.15) is 0 Å². The van der Waals surface area contributed by atoms with Crippen LogP contribution in [0, 0.1) is 0 Å². The van der Waals surface area contributed by atoms with E-state index in [0.29, 0.717) is 12.8 Å². The molecule has 0 aliphatic rings. The molecule has 0 aliphatic carbocycles. The molecule has 0 radical (unpaired) electrons. The fourth-order valence-electron chi connectivity index (χ4n) is 2.24. The molecule has 0 bridgehead atoms. The summed E-state index contributed by atoms with van der Waals surface area (Å²) in [5.74, 6) is 0.105. The van der Waals surface area contributed by atoms with Crippen molar-refractivity contribution in [2.24, 2.45) is 12.8 Å². The van der Waals surface area contributed by atoms with Gasteiger partial charge >= 0.3 is 0 Å². The Balaban J connectivity index is 2.26. The topological polar surface area (TPSA) is 51.3 Å². The van der Waals surface area contributed by atoms with Gasteiger partial charge in [0.15, 0.2) is 0 Å². The molecule has 0 aliphatic heterocycles. The average molecular weight is 259 g/mol. The number of anilines is 1. The predicted molar refractivity (Wildman–Crippen MR) is 79.2 cm³/mol. The monoisotopic (exact) mass is 259 g/mol. The van der Waals surface area contributed by atoms with E-state index in [4.69, 9.17) is 5.73 Å². The van der Waals surface area contributed by atoms with Gasteiger partial charge in [0, 0.05) is 43.7 Å². The van der Waals surface area contributed by atoms with Gasteiger partial charge in [0.2, 0.25) is 5.91 Å². The van der Waals surface area contributed by atoms with E-state index < -0.39 is 0 Å². The summed E-state index contributed by atoms with van der Waals surface area (Å²) in [4.78, 5) is 13.9. The number of aryl methyl sites for hydroxylation is 1. The summed E-state index contributed by atoms with van der Waals surface area (Å²) in [6, 6.07) is 8.15. The van der Waals surface area contributed by atoms with Gasteiger partial charge < -0.3 is 15.2 Å². The van der Waals surface area contributed by atoms with Crippen molar-refractivity contribution in [1.82, 2.24) is 4.57 Å². The molecule has 2 N–H and O–H groups in total. The van der Waals surface area contributed by atoms with Crippen LogP contribution in [0.25, 0.3) is 10.9 Å². The fraction of sp³-hybridized carbons (Fsp3) is 0.400. The van der Waals surface area contributed by atoms with Crippen molar-refractivity contribution in [1.29, 1.82) is 0 Å².